The topological polar surface area (TPSA) is 65.1 Å². The molecular formula is C20H21NO5. The third-order valence-corrected chi connectivity index (χ3v) is 5.57. The first kappa shape index (κ1) is 16.8. The number of carbonyl (C=O) groups is 2. The first-order valence-electron chi connectivity index (χ1n) is 8.58. The molecule has 0 bridgehead atoms. The fraction of sp³-hybridized carbons (Fsp3) is 0.400. The molecule has 0 saturated heterocycles. The summed E-state index contributed by atoms with van der Waals surface area (Å²) in [5, 5.41) is 0. The van der Waals surface area contributed by atoms with Crippen molar-refractivity contribution in [2.24, 2.45) is 0 Å². The van der Waals surface area contributed by atoms with Crippen molar-refractivity contribution in [1.82, 2.24) is 4.90 Å². The number of allylic oxidation sites excluding steroid dienone is 2. The van der Waals surface area contributed by atoms with Gasteiger partial charge in [0.05, 0.1) is 21.3 Å². The van der Waals surface area contributed by atoms with Gasteiger partial charge in [0.2, 0.25) is 5.78 Å². The van der Waals surface area contributed by atoms with Crippen molar-refractivity contribution in [3.05, 3.63) is 40.2 Å². The first-order chi connectivity index (χ1) is 12.5. The summed E-state index contributed by atoms with van der Waals surface area (Å²) in [6.45, 7) is 0.885. The number of rotatable bonds is 3. The molecule has 0 fully saturated rings. The quantitative estimate of drug-likeness (QED) is 0.774. The van der Waals surface area contributed by atoms with Gasteiger partial charge < -0.3 is 14.2 Å². The zero-order valence-electron chi connectivity index (χ0n) is 15.3. The Bertz CT molecular complexity index is 896. The smallest absolute Gasteiger partial charge is 0.228 e. The largest absolute Gasteiger partial charge is 0.493 e. The van der Waals surface area contributed by atoms with E-state index in [0.717, 1.165) is 24.1 Å². The van der Waals surface area contributed by atoms with Crippen LogP contribution in [0.15, 0.2) is 23.5 Å². The van der Waals surface area contributed by atoms with Gasteiger partial charge in [-0.3, -0.25) is 14.5 Å². The third kappa shape index (κ3) is 2.15. The predicted molar refractivity (Wildman–Crippen MR) is 95.3 cm³/mol. The van der Waals surface area contributed by atoms with Crippen molar-refractivity contribution in [1.29, 1.82) is 0 Å². The molecule has 26 heavy (non-hydrogen) atoms. The minimum atomic E-state index is -0.275. The summed E-state index contributed by atoms with van der Waals surface area (Å²) in [6.07, 6.45) is 2.66. The lowest BCUT2D eigenvalue weighted by Gasteiger charge is -2.41. The molecule has 1 aromatic rings. The summed E-state index contributed by atoms with van der Waals surface area (Å²) in [5.74, 6) is 0.689. The van der Waals surface area contributed by atoms with Crippen LogP contribution in [0.1, 0.15) is 29.2 Å². The van der Waals surface area contributed by atoms with Gasteiger partial charge in [-0.2, -0.15) is 0 Å². The molecule has 4 rings (SSSR count). The highest BCUT2D eigenvalue weighted by atomic mass is 16.5. The first-order valence-corrected chi connectivity index (χ1v) is 8.58. The molecule has 0 amide bonds. The highest BCUT2D eigenvalue weighted by Crippen LogP contribution is 2.52. The number of Topliss-reactive ketones (excluding diaryl/α,β-unsaturated/α-hetero) is 1. The molecule has 6 heteroatoms. The van der Waals surface area contributed by atoms with Crippen molar-refractivity contribution in [2.45, 2.75) is 18.9 Å². The van der Waals surface area contributed by atoms with Gasteiger partial charge in [0.15, 0.2) is 23.0 Å². The van der Waals surface area contributed by atoms with Crippen LogP contribution in [-0.2, 0) is 20.7 Å². The Morgan fingerprint density at radius 3 is 2.54 bits per heavy atom. The number of carbonyl (C=O) groups excluding carboxylic acids is 2. The summed E-state index contributed by atoms with van der Waals surface area (Å²) in [5.41, 5.74) is 3.81. The summed E-state index contributed by atoms with van der Waals surface area (Å²) < 4.78 is 16.3. The zero-order valence-corrected chi connectivity index (χ0v) is 15.3. The molecule has 2 aliphatic carbocycles. The van der Waals surface area contributed by atoms with Crippen LogP contribution in [-0.4, -0.2) is 51.4 Å². The molecule has 0 aromatic heterocycles. The zero-order chi connectivity index (χ0) is 18.6. The normalized spacial score (nSPS) is 21.8. The number of ether oxygens (including phenoxy) is 3. The third-order valence-electron chi connectivity index (χ3n) is 5.57. The van der Waals surface area contributed by atoms with Gasteiger partial charge in [-0.15, -0.1) is 0 Å². The molecule has 0 spiro atoms. The maximum Gasteiger partial charge on any atom is 0.228 e. The van der Waals surface area contributed by atoms with E-state index in [1.54, 1.807) is 14.2 Å². The van der Waals surface area contributed by atoms with Gasteiger partial charge >= 0.3 is 0 Å². The Morgan fingerprint density at radius 1 is 1.12 bits per heavy atom. The van der Waals surface area contributed by atoms with E-state index in [1.807, 2.05) is 13.1 Å². The number of hydrogen-bond donors (Lipinski definition) is 0. The monoisotopic (exact) mass is 355 g/mol. The van der Waals surface area contributed by atoms with Crippen LogP contribution in [0.3, 0.4) is 0 Å². The second-order valence-electron chi connectivity index (χ2n) is 6.77. The number of ketones is 2. The molecule has 1 aromatic carbocycles. The van der Waals surface area contributed by atoms with E-state index in [4.69, 9.17) is 14.2 Å². The lowest BCUT2D eigenvalue weighted by atomic mass is 9.72. The molecular weight excluding hydrogens is 334 g/mol. The fourth-order valence-electron chi connectivity index (χ4n) is 4.30. The minimum Gasteiger partial charge on any atom is -0.493 e. The standard InChI is InChI=1S/C20H21NO5/c1-21-6-5-10-7-15(25-3)20(26-4)18-16(10)12(21)8-11-13(22)9-14(24-2)19(23)17(11)18/h7,9,12H,5-6,8H2,1-4H3. The summed E-state index contributed by atoms with van der Waals surface area (Å²) in [4.78, 5) is 28.0. The van der Waals surface area contributed by atoms with Crippen LogP contribution in [0, 0.1) is 0 Å². The average Bonchev–Trinajstić information content (AvgIpc) is 2.66. The second kappa shape index (κ2) is 5.99. The molecule has 1 unspecified atom stereocenters. The fourth-order valence-corrected chi connectivity index (χ4v) is 4.30. The number of fused-ring (bicyclic) bond motifs is 1. The highest BCUT2D eigenvalue weighted by molar-refractivity contribution is 6.38. The van der Waals surface area contributed by atoms with Gasteiger partial charge in [-0.05, 0) is 37.1 Å². The van der Waals surface area contributed by atoms with Gasteiger partial charge in [0.25, 0.3) is 0 Å². The molecule has 0 radical (unpaired) electrons. The lowest BCUT2D eigenvalue weighted by molar-refractivity contribution is -0.116. The number of likely N-dealkylation sites (N-methyl/N-ethyl adjacent to an activating group) is 1. The van der Waals surface area contributed by atoms with Crippen LogP contribution in [0.2, 0.25) is 0 Å². The summed E-state index contributed by atoms with van der Waals surface area (Å²) >= 11 is 0. The van der Waals surface area contributed by atoms with E-state index >= 15 is 0 Å². The molecule has 1 aliphatic heterocycles. The molecule has 136 valence electrons. The van der Waals surface area contributed by atoms with Gasteiger partial charge in [0, 0.05) is 35.4 Å². The molecule has 1 atom stereocenters. The van der Waals surface area contributed by atoms with E-state index in [1.165, 1.54) is 13.2 Å². The SMILES string of the molecule is COC1=CC(=O)C2=C(C1=O)c1c(OC)c(OC)cc3c1C(C2)N(C)CC3. The van der Waals surface area contributed by atoms with Crippen molar-refractivity contribution in [2.75, 3.05) is 34.9 Å². The number of methoxy groups -OCH3 is 3. The Morgan fingerprint density at radius 2 is 1.88 bits per heavy atom. The Hall–Kier alpha value is -2.60. The Labute approximate surface area is 152 Å². The lowest BCUT2D eigenvalue weighted by Crippen LogP contribution is -2.37. The molecule has 3 aliphatic rings. The number of nitrogens with zero attached hydrogens (tertiary/aromatic N) is 1. The van der Waals surface area contributed by atoms with Crippen LogP contribution < -0.4 is 9.47 Å². The highest BCUT2D eigenvalue weighted by Gasteiger charge is 2.43. The van der Waals surface area contributed by atoms with Crippen LogP contribution >= 0.6 is 0 Å². The van der Waals surface area contributed by atoms with Crippen molar-refractivity contribution in [3.63, 3.8) is 0 Å². The van der Waals surface area contributed by atoms with Gasteiger partial charge in [-0.25, -0.2) is 0 Å². The summed E-state index contributed by atoms with van der Waals surface area (Å²) in [7, 11) is 6.58. The molecule has 0 N–H and O–H groups in total. The molecule has 0 saturated carbocycles. The van der Waals surface area contributed by atoms with E-state index in [9.17, 15) is 9.59 Å². The van der Waals surface area contributed by atoms with Crippen LogP contribution in [0.25, 0.3) is 5.57 Å². The van der Waals surface area contributed by atoms with E-state index in [-0.39, 0.29) is 23.4 Å². The maximum atomic E-state index is 13.1. The molecule has 6 nitrogen and oxygen atoms in total. The van der Waals surface area contributed by atoms with Crippen molar-refractivity contribution in [3.8, 4) is 11.5 Å². The Balaban J connectivity index is 2.07. The van der Waals surface area contributed by atoms with E-state index < -0.39 is 0 Å². The van der Waals surface area contributed by atoms with Crippen LogP contribution in [0.4, 0.5) is 0 Å². The predicted octanol–water partition coefficient (Wildman–Crippen LogP) is 2.07. The molecule has 1 heterocycles. The Kier molecular flexibility index (Phi) is 3.88. The number of hydrogen-bond acceptors (Lipinski definition) is 6. The van der Waals surface area contributed by atoms with E-state index in [0.29, 0.717) is 34.6 Å². The van der Waals surface area contributed by atoms with Gasteiger partial charge in [0.1, 0.15) is 0 Å². The van der Waals surface area contributed by atoms with E-state index in [2.05, 4.69) is 4.90 Å². The van der Waals surface area contributed by atoms with Crippen LogP contribution in [0.5, 0.6) is 11.5 Å². The minimum absolute atomic E-state index is 0.0431. The van der Waals surface area contributed by atoms with Gasteiger partial charge in [-0.1, -0.05) is 0 Å². The average molecular weight is 355 g/mol. The maximum absolute atomic E-state index is 13.1. The van der Waals surface area contributed by atoms with Crippen molar-refractivity contribution < 1.29 is 23.8 Å². The number of benzene rings is 1. The van der Waals surface area contributed by atoms with Crippen molar-refractivity contribution >= 4 is 17.1 Å². The second-order valence-corrected chi connectivity index (χ2v) is 6.77. The summed E-state index contributed by atoms with van der Waals surface area (Å²) in [6, 6.07) is 2.03.